The van der Waals surface area contributed by atoms with E-state index < -0.39 is 6.04 Å². The quantitative estimate of drug-likeness (QED) is 0.779. The third kappa shape index (κ3) is 3.95. The normalized spacial score (nSPS) is 30.0. The van der Waals surface area contributed by atoms with Gasteiger partial charge < -0.3 is 20.7 Å². The molecular weight excluding hydrogens is 270 g/mol. The molecule has 120 valence electrons. The molecule has 2 rings (SSSR count). The topological polar surface area (TPSA) is 84.7 Å². The van der Waals surface area contributed by atoms with Crippen molar-refractivity contribution in [3.8, 4) is 0 Å². The molecule has 1 aliphatic carbocycles. The van der Waals surface area contributed by atoms with E-state index in [2.05, 4.69) is 5.32 Å². The van der Waals surface area contributed by atoms with E-state index >= 15 is 0 Å². The van der Waals surface area contributed by atoms with Crippen LogP contribution in [0.25, 0.3) is 0 Å². The second kappa shape index (κ2) is 7.75. The van der Waals surface area contributed by atoms with Crippen LogP contribution in [0.2, 0.25) is 0 Å². The Hall–Kier alpha value is -1.14. The summed E-state index contributed by atoms with van der Waals surface area (Å²) in [6.45, 7) is 3.88. The second-order valence-corrected chi connectivity index (χ2v) is 5.97. The average molecular weight is 297 g/mol. The van der Waals surface area contributed by atoms with Crippen molar-refractivity contribution < 1.29 is 14.3 Å². The van der Waals surface area contributed by atoms with Crippen molar-refractivity contribution in [1.29, 1.82) is 0 Å². The number of ether oxygens (including phenoxy) is 1. The van der Waals surface area contributed by atoms with Gasteiger partial charge in [0, 0.05) is 19.1 Å². The predicted molar refractivity (Wildman–Crippen MR) is 79.6 cm³/mol. The largest absolute Gasteiger partial charge is 0.377 e. The summed E-state index contributed by atoms with van der Waals surface area (Å²) in [5, 5.41) is 2.86. The number of amides is 2. The maximum atomic E-state index is 12.8. The van der Waals surface area contributed by atoms with Gasteiger partial charge in [-0.2, -0.15) is 0 Å². The van der Waals surface area contributed by atoms with Gasteiger partial charge in [0.15, 0.2) is 0 Å². The highest BCUT2D eigenvalue weighted by Gasteiger charge is 2.38. The Balaban J connectivity index is 2.03. The zero-order valence-electron chi connectivity index (χ0n) is 12.8. The summed E-state index contributed by atoms with van der Waals surface area (Å²) in [5.41, 5.74) is 6.11. The lowest BCUT2D eigenvalue weighted by atomic mass is 9.84. The first kappa shape index (κ1) is 16.2. The zero-order valence-corrected chi connectivity index (χ0v) is 12.8. The van der Waals surface area contributed by atoms with Gasteiger partial charge in [-0.25, -0.2) is 0 Å². The van der Waals surface area contributed by atoms with E-state index in [1.165, 1.54) is 0 Å². The van der Waals surface area contributed by atoms with E-state index in [0.717, 1.165) is 32.1 Å². The van der Waals surface area contributed by atoms with Crippen LogP contribution in [0.4, 0.5) is 0 Å². The summed E-state index contributed by atoms with van der Waals surface area (Å²) in [7, 11) is 0. The first-order chi connectivity index (χ1) is 10.1. The fourth-order valence-electron chi connectivity index (χ4n) is 3.13. The number of carbonyl (C=O) groups excluding carboxylic acids is 2. The van der Waals surface area contributed by atoms with Gasteiger partial charge in [-0.05, 0) is 19.3 Å². The Morgan fingerprint density at radius 1 is 1.33 bits per heavy atom. The van der Waals surface area contributed by atoms with Crippen LogP contribution in [0.15, 0.2) is 0 Å². The molecule has 2 aliphatic rings. The number of nitrogens with two attached hydrogens (primary N) is 1. The molecule has 3 N–H and O–H groups in total. The number of rotatable bonds is 4. The molecule has 1 saturated carbocycles. The SMILES string of the molecule is CCCNC(=O)C1COCCN1C(=O)C1CCCCC1N. The van der Waals surface area contributed by atoms with E-state index in [4.69, 9.17) is 10.5 Å². The summed E-state index contributed by atoms with van der Waals surface area (Å²) < 4.78 is 5.39. The van der Waals surface area contributed by atoms with E-state index in [0.29, 0.717) is 19.7 Å². The summed E-state index contributed by atoms with van der Waals surface area (Å²) in [6, 6.07) is -0.583. The summed E-state index contributed by atoms with van der Waals surface area (Å²) in [5.74, 6) is -0.227. The minimum absolute atomic E-state index is 0.0298. The van der Waals surface area contributed by atoms with Crippen LogP contribution in [0.1, 0.15) is 39.0 Å². The summed E-state index contributed by atoms with van der Waals surface area (Å²) in [6.07, 6.45) is 4.74. The monoisotopic (exact) mass is 297 g/mol. The van der Waals surface area contributed by atoms with Gasteiger partial charge in [-0.15, -0.1) is 0 Å². The van der Waals surface area contributed by atoms with Crippen LogP contribution in [0, 0.1) is 5.92 Å². The van der Waals surface area contributed by atoms with Gasteiger partial charge in [0.25, 0.3) is 0 Å². The average Bonchev–Trinajstić information content (AvgIpc) is 2.52. The molecule has 0 aromatic heterocycles. The van der Waals surface area contributed by atoms with Crippen molar-refractivity contribution in [2.75, 3.05) is 26.3 Å². The van der Waals surface area contributed by atoms with Crippen molar-refractivity contribution in [2.24, 2.45) is 11.7 Å². The molecular formula is C15H27N3O3. The van der Waals surface area contributed by atoms with E-state index in [1.807, 2.05) is 6.92 Å². The Morgan fingerprint density at radius 2 is 2.10 bits per heavy atom. The van der Waals surface area contributed by atoms with Gasteiger partial charge in [0.05, 0.1) is 19.1 Å². The molecule has 2 amide bonds. The van der Waals surface area contributed by atoms with Crippen LogP contribution in [-0.4, -0.2) is 55.1 Å². The van der Waals surface area contributed by atoms with Crippen molar-refractivity contribution in [2.45, 2.75) is 51.1 Å². The van der Waals surface area contributed by atoms with Crippen LogP contribution in [-0.2, 0) is 14.3 Å². The van der Waals surface area contributed by atoms with E-state index in [1.54, 1.807) is 4.90 Å². The minimum atomic E-state index is -0.507. The molecule has 2 fully saturated rings. The summed E-state index contributed by atoms with van der Waals surface area (Å²) in [4.78, 5) is 26.7. The lowest BCUT2D eigenvalue weighted by molar-refractivity contribution is -0.152. The fourth-order valence-corrected chi connectivity index (χ4v) is 3.13. The molecule has 0 aromatic rings. The van der Waals surface area contributed by atoms with Crippen LogP contribution >= 0.6 is 0 Å². The zero-order chi connectivity index (χ0) is 15.2. The standard InChI is InChI=1S/C15H27N3O3/c1-2-7-17-14(19)13-10-21-9-8-18(13)15(20)11-5-3-4-6-12(11)16/h11-13H,2-10,16H2,1H3,(H,17,19). The molecule has 1 aliphatic heterocycles. The second-order valence-electron chi connectivity index (χ2n) is 5.97. The maximum absolute atomic E-state index is 12.8. The maximum Gasteiger partial charge on any atom is 0.245 e. The lowest BCUT2D eigenvalue weighted by Gasteiger charge is -2.39. The number of nitrogens with zero attached hydrogens (tertiary/aromatic N) is 1. The molecule has 0 spiro atoms. The Kier molecular flexibility index (Phi) is 5.99. The summed E-state index contributed by atoms with van der Waals surface area (Å²) >= 11 is 0. The molecule has 6 heteroatoms. The van der Waals surface area contributed by atoms with Crippen molar-refractivity contribution >= 4 is 11.8 Å². The fraction of sp³-hybridized carbons (Fsp3) is 0.867. The van der Waals surface area contributed by atoms with E-state index in [-0.39, 0.29) is 30.4 Å². The van der Waals surface area contributed by atoms with Gasteiger partial charge in [0.2, 0.25) is 11.8 Å². The molecule has 1 saturated heterocycles. The predicted octanol–water partition coefficient (Wildman–Crippen LogP) is 0.258. The first-order valence-electron chi connectivity index (χ1n) is 8.06. The molecule has 0 radical (unpaired) electrons. The number of morpholine rings is 1. The number of carbonyl (C=O) groups is 2. The highest BCUT2D eigenvalue weighted by molar-refractivity contribution is 5.89. The van der Waals surface area contributed by atoms with Gasteiger partial charge in [0.1, 0.15) is 6.04 Å². The van der Waals surface area contributed by atoms with Crippen LogP contribution < -0.4 is 11.1 Å². The van der Waals surface area contributed by atoms with Crippen molar-refractivity contribution in [3.05, 3.63) is 0 Å². The molecule has 1 heterocycles. The third-order valence-electron chi connectivity index (χ3n) is 4.40. The molecule has 21 heavy (non-hydrogen) atoms. The van der Waals surface area contributed by atoms with Gasteiger partial charge >= 0.3 is 0 Å². The highest BCUT2D eigenvalue weighted by atomic mass is 16.5. The number of hydrogen-bond donors (Lipinski definition) is 2. The van der Waals surface area contributed by atoms with Gasteiger partial charge in [-0.1, -0.05) is 19.8 Å². The van der Waals surface area contributed by atoms with E-state index in [9.17, 15) is 9.59 Å². The molecule has 3 atom stereocenters. The highest BCUT2D eigenvalue weighted by Crippen LogP contribution is 2.26. The molecule has 0 aromatic carbocycles. The Labute approximate surface area is 126 Å². The van der Waals surface area contributed by atoms with Crippen molar-refractivity contribution in [3.63, 3.8) is 0 Å². The van der Waals surface area contributed by atoms with Crippen LogP contribution in [0.5, 0.6) is 0 Å². The lowest BCUT2D eigenvalue weighted by Crippen LogP contribution is -2.59. The smallest absolute Gasteiger partial charge is 0.245 e. The third-order valence-corrected chi connectivity index (χ3v) is 4.40. The van der Waals surface area contributed by atoms with Crippen molar-refractivity contribution in [1.82, 2.24) is 10.2 Å². The Morgan fingerprint density at radius 3 is 2.81 bits per heavy atom. The Bertz CT molecular complexity index is 375. The number of nitrogens with one attached hydrogen (secondary N) is 1. The number of hydrogen-bond acceptors (Lipinski definition) is 4. The van der Waals surface area contributed by atoms with Crippen LogP contribution in [0.3, 0.4) is 0 Å². The molecule has 3 unspecified atom stereocenters. The molecule has 6 nitrogen and oxygen atoms in total. The first-order valence-corrected chi connectivity index (χ1v) is 8.06. The minimum Gasteiger partial charge on any atom is -0.377 e. The molecule has 0 bridgehead atoms. The van der Waals surface area contributed by atoms with Gasteiger partial charge in [-0.3, -0.25) is 9.59 Å².